The van der Waals surface area contributed by atoms with Crippen LogP contribution in [0.2, 0.25) is 0 Å². The molecule has 1 aromatic heterocycles. The van der Waals surface area contributed by atoms with E-state index >= 15 is 0 Å². The summed E-state index contributed by atoms with van der Waals surface area (Å²) in [6, 6.07) is 13.3. The molecule has 0 bridgehead atoms. The van der Waals surface area contributed by atoms with Gasteiger partial charge in [-0.3, -0.25) is 4.63 Å². The van der Waals surface area contributed by atoms with Gasteiger partial charge < -0.3 is 30.1 Å². The van der Waals surface area contributed by atoms with Crippen LogP contribution in [-0.4, -0.2) is 57.0 Å². The molecule has 12 nitrogen and oxygen atoms in total. The molecule has 2 heterocycles. The van der Waals surface area contributed by atoms with Gasteiger partial charge in [-0.05, 0) is 63.3 Å². The van der Waals surface area contributed by atoms with E-state index in [4.69, 9.17) is 14.2 Å². The molecule has 2 unspecified atom stereocenters. The summed E-state index contributed by atoms with van der Waals surface area (Å²) in [6.45, 7) is 7.66. The smallest absolute Gasteiger partial charge is 0.415 e. The fourth-order valence-electron chi connectivity index (χ4n) is 3.99. The van der Waals surface area contributed by atoms with E-state index in [9.17, 15) is 18.4 Å². The Balaban J connectivity index is 1.42. The zero-order valence-corrected chi connectivity index (χ0v) is 23.0. The van der Waals surface area contributed by atoms with Gasteiger partial charge in [0.2, 0.25) is 0 Å². The number of hydrogen-bond acceptors (Lipinski definition) is 11. The molecule has 39 heavy (non-hydrogen) atoms. The summed E-state index contributed by atoms with van der Waals surface area (Å²) in [5, 5.41) is 21.2. The monoisotopic (exact) mass is 560 g/mol. The third kappa shape index (κ3) is 6.98. The van der Waals surface area contributed by atoms with Crippen LogP contribution in [0.15, 0.2) is 63.1 Å². The van der Waals surface area contributed by atoms with Gasteiger partial charge in [0.05, 0.1) is 10.1 Å². The maximum Gasteiger partial charge on any atom is 0.415 e. The second-order valence-electron chi connectivity index (χ2n) is 10.2. The zero-order valence-electron chi connectivity index (χ0n) is 22.2. The van der Waals surface area contributed by atoms with Crippen molar-refractivity contribution >= 4 is 21.5 Å². The summed E-state index contributed by atoms with van der Waals surface area (Å²) in [4.78, 5) is 12.3. The first kappa shape index (κ1) is 28.2. The number of fused-ring (bicyclic) bond motifs is 1. The largest absolute Gasteiger partial charge is 0.489 e. The molecule has 0 spiro atoms. The number of sulfone groups is 1. The fraction of sp³-hybridized carbons (Fsp3) is 0.423. The van der Waals surface area contributed by atoms with Crippen LogP contribution in [0.3, 0.4) is 0 Å². The lowest BCUT2D eigenvalue weighted by Gasteiger charge is -2.25. The number of carbonyl (C=O) groups excluding carboxylic acids is 1. The first-order valence-corrected chi connectivity index (χ1v) is 13.9. The minimum Gasteiger partial charge on any atom is -0.489 e. The highest BCUT2D eigenvalue weighted by Crippen LogP contribution is 2.33. The summed E-state index contributed by atoms with van der Waals surface area (Å²) in [5.74, 6) is -0.750. The van der Waals surface area contributed by atoms with Gasteiger partial charge in [0, 0.05) is 29.4 Å². The van der Waals surface area contributed by atoms with Crippen LogP contribution in [0.5, 0.6) is 11.6 Å². The highest BCUT2D eigenvalue weighted by molar-refractivity contribution is 7.91. The Hall–Kier alpha value is -3.84. The molecule has 2 aromatic carbocycles. The maximum absolute atomic E-state index is 12.9. The Morgan fingerprint density at radius 3 is 2.67 bits per heavy atom. The molecule has 0 radical (unpaired) electrons. The normalized spacial score (nSPS) is 15.7. The number of benzene rings is 2. The summed E-state index contributed by atoms with van der Waals surface area (Å²) in [7, 11) is -4.32. The van der Waals surface area contributed by atoms with Gasteiger partial charge in [0.25, 0.3) is 9.84 Å². The van der Waals surface area contributed by atoms with Crippen molar-refractivity contribution < 1.29 is 37.0 Å². The minimum absolute atomic E-state index is 0.0673. The molecule has 0 aliphatic carbocycles. The number of nitrogens with one attached hydrogen (secondary N) is 2. The summed E-state index contributed by atoms with van der Waals surface area (Å²) >= 11 is 0. The molecule has 210 valence electrons. The Bertz CT molecular complexity index is 1400. The average Bonchev–Trinajstić information content (AvgIpc) is 3.46. The van der Waals surface area contributed by atoms with Gasteiger partial charge in [-0.1, -0.05) is 24.3 Å². The molecule has 13 heteroatoms. The Morgan fingerprint density at radius 2 is 1.95 bits per heavy atom. The second-order valence-corrected chi connectivity index (χ2v) is 12.1. The standard InChI is InChI=1S/C26H32N4O8S/c1-17-13-20-21(28-17)11-8-12-22(20)35-15-18(14-27-26(2,3)4)37-23(31)16-36-24-25(30(32)38-29-24)39(33,34)19-9-6-5-7-10-19/h5-12,17-18,27-28H,13-16H2,1-4H3. The summed E-state index contributed by atoms with van der Waals surface area (Å²) < 4.78 is 47.2. The third-order valence-electron chi connectivity index (χ3n) is 5.81. The topological polar surface area (TPSA) is 156 Å². The summed E-state index contributed by atoms with van der Waals surface area (Å²) in [6.07, 6.45) is 0.118. The van der Waals surface area contributed by atoms with Crippen molar-refractivity contribution in [3.63, 3.8) is 0 Å². The molecule has 0 saturated carbocycles. The van der Waals surface area contributed by atoms with E-state index in [0.717, 1.165) is 17.7 Å². The number of nitrogens with zero attached hydrogens (tertiary/aromatic N) is 2. The van der Waals surface area contributed by atoms with Crippen LogP contribution in [-0.2, 0) is 25.8 Å². The number of aromatic nitrogens is 2. The van der Waals surface area contributed by atoms with Crippen LogP contribution < -0.4 is 25.0 Å². The van der Waals surface area contributed by atoms with E-state index in [0.29, 0.717) is 5.75 Å². The Kier molecular flexibility index (Phi) is 8.31. The fourth-order valence-corrected chi connectivity index (χ4v) is 5.29. The number of hydrogen-bond donors (Lipinski definition) is 2. The molecular formula is C26H32N4O8S. The Labute approximate surface area is 226 Å². The van der Waals surface area contributed by atoms with Crippen LogP contribution in [0.1, 0.15) is 33.3 Å². The molecule has 3 aromatic rings. The predicted octanol–water partition coefficient (Wildman–Crippen LogP) is 2.25. The summed E-state index contributed by atoms with van der Waals surface area (Å²) in [5.41, 5.74) is 1.82. The van der Waals surface area contributed by atoms with Crippen LogP contribution in [0.4, 0.5) is 5.69 Å². The van der Waals surface area contributed by atoms with E-state index in [1.54, 1.807) is 6.07 Å². The maximum atomic E-state index is 12.9. The van der Waals surface area contributed by atoms with Crippen molar-refractivity contribution in [2.75, 3.05) is 25.1 Å². The molecular weight excluding hydrogens is 528 g/mol. The van der Waals surface area contributed by atoms with Gasteiger partial charge in [-0.15, -0.1) is 0 Å². The molecule has 2 N–H and O–H groups in total. The van der Waals surface area contributed by atoms with Crippen molar-refractivity contribution in [2.45, 2.75) is 61.7 Å². The van der Waals surface area contributed by atoms with E-state index < -0.39 is 39.4 Å². The van der Waals surface area contributed by atoms with E-state index in [-0.39, 0.29) is 34.5 Å². The van der Waals surface area contributed by atoms with E-state index in [1.165, 1.54) is 24.3 Å². The average molecular weight is 561 g/mol. The van der Waals surface area contributed by atoms with Crippen LogP contribution in [0.25, 0.3) is 0 Å². The molecule has 0 fully saturated rings. The van der Waals surface area contributed by atoms with E-state index in [1.807, 2.05) is 39.0 Å². The SMILES string of the molecule is CC1Cc2c(cccc2OCC(CNC(C)(C)C)OC(=O)COc2no[n+]([O-])c2S(=O)(=O)c2ccccc2)N1. The Morgan fingerprint density at radius 1 is 1.21 bits per heavy atom. The highest BCUT2D eigenvalue weighted by Gasteiger charge is 2.36. The van der Waals surface area contributed by atoms with Crippen LogP contribution in [0, 0.1) is 5.21 Å². The van der Waals surface area contributed by atoms with Gasteiger partial charge in [-0.25, -0.2) is 13.2 Å². The molecule has 1 aliphatic heterocycles. The first-order valence-electron chi connectivity index (χ1n) is 12.4. The van der Waals surface area contributed by atoms with Gasteiger partial charge in [0.1, 0.15) is 18.5 Å². The third-order valence-corrected chi connectivity index (χ3v) is 7.54. The van der Waals surface area contributed by atoms with Crippen molar-refractivity contribution in [3.05, 3.63) is 59.3 Å². The lowest BCUT2D eigenvalue weighted by molar-refractivity contribution is -0.832. The molecule has 0 saturated heterocycles. The van der Waals surface area contributed by atoms with Gasteiger partial charge >= 0.3 is 16.9 Å². The number of anilines is 1. The number of rotatable bonds is 11. The van der Waals surface area contributed by atoms with Crippen molar-refractivity contribution in [1.29, 1.82) is 0 Å². The predicted molar refractivity (Wildman–Crippen MR) is 139 cm³/mol. The number of esters is 1. The number of ether oxygens (including phenoxy) is 3. The molecule has 2 atom stereocenters. The quantitative estimate of drug-likeness (QED) is 0.262. The minimum atomic E-state index is -4.32. The highest BCUT2D eigenvalue weighted by atomic mass is 32.2. The first-order chi connectivity index (χ1) is 18.4. The van der Waals surface area contributed by atoms with Crippen molar-refractivity contribution in [1.82, 2.24) is 10.5 Å². The zero-order chi connectivity index (χ0) is 28.2. The van der Waals surface area contributed by atoms with Crippen LogP contribution >= 0.6 is 0 Å². The lowest BCUT2D eigenvalue weighted by atomic mass is 10.1. The molecule has 1 aliphatic rings. The number of carbonyl (C=O) groups is 1. The molecule has 4 rings (SSSR count). The van der Waals surface area contributed by atoms with Gasteiger partial charge in [-0.2, -0.15) is 0 Å². The molecule has 0 amide bonds. The lowest BCUT2D eigenvalue weighted by Crippen LogP contribution is -2.44. The van der Waals surface area contributed by atoms with Crippen molar-refractivity contribution in [3.8, 4) is 11.6 Å². The second kappa shape index (κ2) is 11.5. The van der Waals surface area contributed by atoms with E-state index in [2.05, 4.69) is 27.3 Å². The van der Waals surface area contributed by atoms with Gasteiger partial charge in [0.15, 0.2) is 6.61 Å². The van der Waals surface area contributed by atoms with Crippen molar-refractivity contribution in [2.24, 2.45) is 0 Å².